The highest BCUT2D eigenvalue weighted by Crippen LogP contribution is 2.28. The maximum atomic E-state index is 10.9. The molecule has 2 heterocycles. The molecule has 0 aliphatic carbocycles. The van der Waals surface area contributed by atoms with Gasteiger partial charge in [0.15, 0.2) is 12.6 Å². The monoisotopic (exact) mass is 565 g/mol. The van der Waals surface area contributed by atoms with Gasteiger partial charge in [-0.05, 0) is 13.0 Å². The molecular weight excluding hydrogens is 510 g/mol. The Labute approximate surface area is 233 Å². The number of aliphatic hydroxyl groups is 7. The standard InChI is InChI=1S/C28H55NO10/c1-2-3-4-5-6-7-8-9-10-11-12-13-14-15-16-29-21-23(33)26(20(18-31)37-27(21)36)39-28-25(35)24(34)22(32)19(17-30)38-28/h19-36H,2-18H2,1H3/t19-,20-,21-,22+,23-,24+,25-,26-,27?,28+/m1/s1. The molecule has 2 aliphatic rings. The average molecular weight is 566 g/mol. The van der Waals surface area contributed by atoms with Gasteiger partial charge >= 0.3 is 0 Å². The third-order valence-corrected chi connectivity index (χ3v) is 7.92. The molecule has 232 valence electrons. The lowest BCUT2D eigenvalue weighted by Crippen LogP contribution is -2.66. The fourth-order valence-electron chi connectivity index (χ4n) is 5.39. The number of aliphatic hydroxyl groups excluding tert-OH is 7. The van der Waals surface area contributed by atoms with E-state index in [9.17, 15) is 35.7 Å². The van der Waals surface area contributed by atoms with E-state index in [-0.39, 0.29) is 0 Å². The van der Waals surface area contributed by atoms with Gasteiger partial charge in [-0.2, -0.15) is 0 Å². The van der Waals surface area contributed by atoms with Crippen LogP contribution in [0, 0.1) is 0 Å². The maximum Gasteiger partial charge on any atom is 0.187 e. The van der Waals surface area contributed by atoms with Crippen LogP contribution in [-0.4, -0.2) is 117 Å². The van der Waals surface area contributed by atoms with Gasteiger partial charge in [-0.25, -0.2) is 0 Å². The fourth-order valence-corrected chi connectivity index (χ4v) is 5.39. The molecule has 10 atom stereocenters. The lowest BCUT2D eigenvalue weighted by Gasteiger charge is -2.46. The van der Waals surface area contributed by atoms with Crippen molar-refractivity contribution in [3.8, 4) is 0 Å². The Morgan fingerprint density at radius 3 is 1.62 bits per heavy atom. The lowest BCUT2D eigenvalue weighted by molar-refractivity contribution is -0.345. The number of hydrogen-bond donors (Lipinski definition) is 8. The van der Waals surface area contributed by atoms with Crippen LogP contribution in [0.25, 0.3) is 0 Å². The largest absolute Gasteiger partial charge is 0.394 e. The maximum absolute atomic E-state index is 10.9. The second kappa shape index (κ2) is 19.6. The summed E-state index contributed by atoms with van der Waals surface area (Å²) in [7, 11) is 0. The summed E-state index contributed by atoms with van der Waals surface area (Å²) in [6, 6.07) is -0.912. The fraction of sp³-hybridized carbons (Fsp3) is 1.00. The molecule has 11 nitrogen and oxygen atoms in total. The van der Waals surface area contributed by atoms with Crippen molar-refractivity contribution in [2.24, 2.45) is 0 Å². The highest BCUT2D eigenvalue weighted by molar-refractivity contribution is 4.96. The van der Waals surface area contributed by atoms with E-state index in [0.29, 0.717) is 6.54 Å². The Bertz CT molecular complexity index is 615. The summed E-state index contributed by atoms with van der Waals surface area (Å²) in [5.41, 5.74) is 0. The number of nitrogens with one attached hydrogen (secondary N) is 1. The van der Waals surface area contributed by atoms with Gasteiger partial charge in [-0.3, -0.25) is 0 Å². The number of rotatable bonds is 20. The van der Waals surface area contributed by atoms with Gasteiger partial charge in [0.1, 0.15) is 42.7 Å². The molecule has 0 bridgehead atoms. The van der Waals surface area contributed by atoms with Gasteiger partial charge in [0, 0.05) is 0 Å². The van der Waals surface area contributed by atoms with Gasteiger partial charge in [-0.1, -0.05) is 90.4 Å². The quantitative estimate of drug-likeness (QED) is 0.0972. The number of hydrogen-bond acceptors (Lipinski definition) is 11. The molecule has 2 aliphatic heterocycles. The molecule has 0 spiro atoms. The lowest BCUT2D eigenvalue weighted by atomic mass is 9.95. The van der Waals surface area contributed by atoms with E-state index in [2.05, 4.69) is 12.2 Å². The van der Waals surface area contributed by atoms with Crippen molar-refractivity contribution in [2.75, 3.05) is 19.8 Å². The second-order valence-corrected chi connectivity index (χ2v) is 11.1. The highest BCUT2D eigenvalue weighted by Gasteiger charge is 2.50. The minimum atomic E-state index is -1.66. The van der Waals surface area contributed by atoms with E-state index in [0.717, 1.165) is 19.3 Å². The van der Waals surface area contributed by atoms with Crippen LogP contribution < -0.4 is 5.32 Å². The minimum Gasteiger partial charge on any atom is -0.394 e. The SMILES string of the molecule is CCCCCCCCCCCCCCCCN[C@H]1C(O)O[C@H](CO)[C@@H](O[C@@H]2O[C@H](CO)[C@H](O)[C@H](O)[C@H]2O)[C@@H]1O. The van der Waals surface area contributed by atoms with Gasteiger partial charge in [0.05, 0.1) is 19.3 Å². The number of ether oxygens (including phenoxy) is 3. The van der Waals surface area contributed by atoms with E-state index in [1.165, 1.54) is 70.6 Å². The van der Waals surface area contributed by atoms with E-state index >= 15 is 0 Å². The van der Waals surface area contributed by atoms with Crippen molar-refractivity contribution in [1.29, 1.82) is 0 Å². The van der Waals surface area contributed by atoms with Crippen molar-refractivity contribution < 1.29 is 50.0 Å². The van der Waals surface area contributed by atoms with Crippen LogP contribution >= 0.6 is 0 Å². The van der Waals surface area contributed by atoms with Crippen molar-refractivity contribution in [3.63, 3.8) is 0 Å². The molecule has 2 rings (SSSR count). The van der Waals surface area contributed by atoms with Crippen LogP contribution in [0.3, 0.4) is 0 Å². The average Bonchev–Trinajstić information content (AvgIpc) is 2.93. The Morgan fingerprint density at radius 2 is 1.10 bits per heavy atom. The Hall–Kier alpha value is -0.440. The molecule has 0 aromatic rings. The normalized spacial score (nSPS) is 35.4. The Balaban J connectivity index is 1.66. The van der Waals surface area contributed by atoms with E-state index in [4.69, 9.17) is 14.2 Å². The molecule has 8 N–H and O–H groups in total. The summed E-state index contributed by atoms with van der Waals surface area (Å²) >= 11 is 0. The van der Waals surface area contributed by atoms with Crippen molar-refractivity contribution in [2.45, 2.75) is 158 Å². The summed E-state index contributed by atoms with van der Waals surface area (Å²) in [4.78, 5) is 0. The predicted molar refractivity (Wildman–Crippen MR) is 145 cm³/mol. The van der Waals surface area contributed by atoms with Gasteiger partial charge in [0.25, 0.3) is 0 Å². The molecule has 0 radical (unpaired) electrons. The minimum absolute atomic E-state index is 0.538. The number of unbranched alkanes of at least 4 members (excludes halogenated alkanes) is 13. The molecular formula is C28H55NO10. The topological polar surface area (TPSA) is 181 Å². The molecule has 11 heteroatoms. The summed E-state index contributed by atoms with van der Waals surface area (Å²) in [6.07, 6.45) is 4.90. The van der Waals surface area contributed by atoms with E-state index in [1.54, 1.807) is 0 Å². The first-order chi connectivity index (χ1) is 18.8. The summed E-state index contributed by atoms with van der Waals surface area (Å²) in [6.45, 7) is 1.58. The smallest absolute Gasteiger partial charge is 0.187 e. The third kappa shape index (κ3) is 11.4. The van der Waals surface area contributed by atoms with Crippen LogP contribution in [0.15, 0.2) is 0 Å². The van der Waals surface area contributed by atoms with Gasteiger partial charge in [0.2, 0.25) is 0 Å². The highest BCUT2D eigenvalue weighted by atomic mass is 16.7. The van der Waals surface area contributed by atoms with E-state index < -0.39 is 74.6 Å². The Kier molecular flexibility index (Phi) is 17.5. The van der Waals surface area contributed by atoms with Crippen LogP contribution in [0.5, 0.6) is 0 Å². The molecule has 2 fully saturated rings. The second-order valence-electron chi connectivity index (χ2n) is 11.1. The predicted octanol–water partition coefficient (Wildman–Crippen LogP) is 0.681. The molecule has 1 unspecified atom stereocenters. The molecule has 0 saturated carbocycles. The van der Waals surface area contributed by atoms with Crippen molar-refractivity contribution in [1.82, 2.24) is 5.32 Å². The molecule has 0 aromatic heterocycles. The zero-order chi connectivity index (χ0) is 28.6. The van der Waals surface area contributed by atoms with Crippen LogP contribution in [0.2, 0.25) is 0 Å². The first-order valence-electron chi connectivity index (χ1n) is 15.2. The molecule has 2 saturated heterocycles. The zero-order valence-electron chi connectivity index (χ0n) is 23.6. The van der Waals surface area contributed by atoms with Crippen molar-refractivity contribution >= 4 is 0 Å². The zero-order valence-corrected chi connectivity index (χ0v) is 23.6. The summed E-state index contributed by atoms with van der Waals surface area (Å²) < 4.78 is 16.5. The van der Waals surface area contributed by atoms with Gasteiger partial charge < -0.3 is 55.3 Å². The molecule has 39 heavy (non-hydrogen) atoms. The summed E-state index contributed by atoms with van der Waals surface area (Å²) in [5.74, 6) is 0. The first kappa shape index (κ1) is 34.8. The van der Waals surface area contributed by atoms with Gasteiger partial charge in [-0.15, -0.1) is 0 Å². The van der Waals surface area contributed by atoms with Crippen LogP contribution in [0.1, 0.15) is 96.8 Å². The van der Waals surface area contributed by atoms with Crippen LogP contribution in [-0.2, 0) is 14.2 Å². The van der Waals surface area contributed by atoms with E-state index in [1.807, 2.05) is 0 Å². The van der Waals surface area contributed by atoms with Crippen molar-refractivity contribution in [3.05, 3.63) is 0 Å². The molecule has 0 amide bonds. The first-order valence-corrected chi connectivity index (χ1v) is 15.2. The Morgan fingerprint density at radius 1 is 0.590 bits per heavy atom. The third-order valence-electron chi connectivity index (χ3n) is 7.92. The molecule has 0 aromatic carbocycles. The van der Waals surface area contributed by atoms with Crippen LogP contribution in [0.4, 0.5) is 0 Å². The summed E-state index contributed by atoms with van der Waals surface area (Å²) in [5, 5.41) is 73.8.